The summed E-state index contributed by atoms with van der Waals surface area (Å²) in [5.41, 5.74) is 6.33. The molecule has 0 fully saturated rings. The van der Waals surface area contributed by atoms with Crippen LogP contribution in [0.3, 0.4) is 0 Å². The Morgan fingerprint density at radius 1 is 0.421 bits per heavy atom. The van der Waals surface area contributed by atoms with Gasteiger partial charge in [-0.15, -0.1) is 11.3 Å². The van der Waals surface area contributed by atoms with Gasteiger partial charge in [0.15, 0.2) is 17.5 Å². The summed E-state index contributed by atoms with van der Waals surface area (Å²) in [5, 5.41) is 4.02. The third-order valence-corrected chi connectivity index (χ3v) is 11.9. The molecule has 0 aliphatic rings. The van der Waals surface area contributed by atoms with E-state index in [9.17, 15) is 4.11 Å². The van der Waals surface area contributed by atoms with Crippen molar-refractivity contribution in [1.82, 2.24) is 24.1 Å². The van der Waals surface area contributed by atoms with E-state index < -0.39 is 0 Å². The van der Waals surface area contributed by atoms with Crippen LogP contribution in [0.2, 0.25) is 0 Å². The average molecular weight is 752 g/mol. The first kappa shape index (κ1) is 26.4. The molecule has 0 N–H and O–H groups in total. The van der Waals surface area contributed by atoms with Crippen LogP contribution in [0.1, 0.15) is 8.22 Å². The second kappa shape index (κ2) is 12.6. The highest BCUT2D eigenvalue weighted by molar-refractivity contribution is 7.26. The van der Waals surface area contributed by atoms with Crippen molar-refractivity contribution in [1.29, 1.82) is 0 Å². The van der Waals surface area contributed by atoms with Gasteiger partial charge < -0.3 is 9.13 Å². The number of fused-ring (bicyclic) bond motifs is 10. The molecular formula is C51H31N5S. The zero-order valence-corrected chi connectivity index (χ0v) is 30.9. The average Bonchev–Trinajstić information content (AvgIpc) is 3.97. The van der Waals surface area contributed by atoms with Crippen molar-refractivity contribution in [2.24, 2.45) is 0 Å². The van der Waals surface area contributed by atoms with Crippen molar-refractivity contribution in [3.63, 3.8) is 0 Å². The lowest BCUT2D eigenvalue weighted by atomic mass is 10.1. The largest absolute Gasteiger partial charge is 0.307 e. The van der Waals surface area contributed by atoms with Crippen molar-refractivity contribution in [2.75, 3.05) is 0 Å². The van der Waals surface area contributed by atoms with Gasteiger partial charge in [0, 0.05) is 69.8 Å². The van der Waals surface area contributed by atoms with Gasteiger partial charge in [0.1, 0.15) is 0 Å². The Morgan fingerprint density at radius 3 is 1.60 bits per heavy atom. The Balaban J connectivity index is 1.16. The van der Waals surface area contributed by atoms with Gasteiger partial charge in [-0.25, -0.2) is 15.0 Å². The minimum atomic E-state index is -0.0463. The monoisotopic (exact) mass is 751 g/mol. The van der Waals surface area contributed by atoms with Crippen LogP contribution in [0.4, 0.5) is 0 Å². The Morgan fingerprint density at radius 2 is 0.982 bits per heavy atom. The molecule has 0 saturated carbocycles. The Labute approximate surface area is 339 Å². The standard InChI is InChI=1S/C51H31N5S/c1-4-15-32(16-5-1)49-52-50(33-17-6-2-7-18-33)54-51(53-49)42-24-14-23-41-38-28-27-35(31-45(38)57-48(41)42)56-44-26-13-11-22-37(44)40-30-29-39-36-21-10-12-25-43(36)55(46(39)47(40)56)34-19-8-3-9-20-34/h1-31H/i10D,11D,25D,26D,29D,30D. The first-order chi connectivity index (χ1) is 30.7. The highest BCUT2D eigenvalue weighted by Gasteiger charge is 2.22. The third kappa shape index (κ3) is 4.91. The SMILES string of the molecule is [2H]c1cc([2H])c2c(c1)c1c([2H])c([2H])c3c4cc([2H])cc([2H])c4n(-c4ccc5c(c4)sc4c(-c6nc(-c7ccccc7)nc(-c7ccccc7)n6)cccc45)c3c1n2-c1ccccc1. The topological polar surface area (TPSA) is 48.5 Å². The number of para-hydroxylation sites is 3. The molecule has 0 unspecified atom stereocenters. The molecule has 0 aliphatic carbocycles. The minimum Gasteiger partial charge on any atom is -0.307 e. The van der Waals surface area contributed by atoms with Gasteiger partial charge in [-0.3, -0.25) is 0 Å². The van der Waals surface area contributed by atoms with Crippen molar-refractivity contribution in [3.8, 4) is 45.5 Å². The molecule has 0 spiro atoms. The lowest BCUT2D eigenvalue weighted by molar-refractivity contribution is 1.08. The van der Waals surface area contributed by atoms with E-state index in [1.54, 1.807) is 23.5 Å². The number of rotatable bonds is 5. The molecule has 4 aromatic heterocycles. The minimum absolute atomic E-state index is 0.0418. The smallest absolute Gasteiger partial charge is 0.165 e. The van der Waals surface area contributed by atoms with Crippen LogP contribution >= 0.6 is 11.3 Å². The van der Waals surface area contributed by atoms with Crippen molar-refractivity contribution in [2.45, 2.75) is 0 Å². The fourth-order valence-corrected chi connectivity index (χ4v) is 9.41. The molecule has 12 rings (SSSR count). The van der Waals surface area contributed by atoms with Gasteiger partial charge in [0.25, 0.3) is 0 Å². The van der Waals surface area contributed by atoms with Gasteiger partial charge in [0.2, 0.25) is 0 Å². The van der Waals surface area contributed by atoms with E-state index in [-0.39, 0.29) is 36.3 Å². The maximum absolute atomic E-state index is 9.57. The highest BCUT2D eigenvalue weighted by Crippen LogP contribution is 2.44. The highest BCUT2D eigenvalue weighted by atomic mass is 32.1. The maximum Gasteiger partial charge on any atom is 0.165 e. The predicted octanol–water partition coefficient (Wildman–Crippen LogP) is 13.4. The van der Waals surface area contributed by atoms with Gasteiger partial charge in [-0.1, -0.05) is 145 Å². The van der Waals surface area contributed by atoms with Gasteiger partial charge in [-0.05, 0) is 42.4 Å². The zero-order chi connectivity index (χ0) is 42.7. The van der Waals surface area contributed by atoms with Crippen molar-refractivity contribution < 1.29 is 8.22 Å². The summed E-state index contributed by atoms with van der Waals surface area (Å²) in [5.74, 6) is 1.71. The van der Waals surface area contributed by atoms with Crippen LogP contribution in [-0.4, -0.2) is 24.1 Å². The number of thiophene rings is 1. The normalized spacial score (nSPS) is 13.3. The molecule has 0 atom stereocenters. The summed E-state index contributed by atoms with van der Waals surface area (Å²) in [7, 11) is 0. The molecule has 6 heteroatoms. The quantitative estimate of drug-likeness (QED) is 0.176. The summed E-state index contributed by atoms with van der Waals surface area (Å²) in [4.78, 5) is 15.0. The van der Waals surface area contributed by atoms with E-state index in [0.29, 0.717) is 61.1 Å². The first-order valence-electron chi connectivity index (χ1n) is 21.6. The second-order valence-corrected chi connectivity index (χ2v) is 15.0. The molecule has 0 bridgehead atoms. The molecule has 266 valence electrons. The molecule has 0 saturated heterocycles. The first-order valence-corrected chi connectivity index (χ1v) is 19.4. The lowest BCUT2D eigenvalue weighted by Crippen LogP contribution is -2.00. The number of aromatic nitrogens is 5. The number of hydrogen-bond donors (Lipinski definition) is 0. The van der Waals surface area contributed by atoms with Gasteiger partial charge in [-0.2, -0.15) is 0 Å². The summed E-state index contributed by atoms with van der Waals surface area (Å²) in [6, 6.07) is 48.6. The zero-order valence-electron chi connectivity index (χ0n) is 36.1. The van der Waals surface area contributed by atoms with Crippen LogP contribution in [0.5, 0.6) is 0 Å². The molecule has 8 aromatic carbocycles. The third-order valence-electron chi connectivity index (χ3n) is 10.7. The Hall–Kier alpha value is -7.41. The van der Waals surface area contributed by atoms with Crippen LogP contribution in [0, 0.1) is 0 Å². The van der Waals surface area contributed by atoms with Crippen LogP contribution in [0.25, 0.3) is 109 Å². The maximum atomic E-state index is 9.57. The van der Waals surface area contributed by atoms with E-state index in [1.165, 1.54) is 12.1 Å². The molecule has 0 aliphatic heterocycles. The van der Waals surface area contributed by atoms with Crippen molar-refractivity contribution in [3.05, 3.63) is 188 Å². The second-order valence-electron chi connectivity index (χ2n) is 13.9. The number of nitrogens with zero attached hydrogens (tertiary/aromatic N) is 5. The van der Waals surface area contributed by atoms with Crippen LogP contribution in [0.15, 0.2) is 188 Å². The molecule has 4 heterocycles. The fourth-order valence-electron chi connectivity index (χ4n) is 8.17. The van der Waals surface area contributed by atoms with Crippen LogP contribution in [-0.2, 0) is 0 Å². The van der Waals surface area contributed by atoms with E-state index >= 15 is 0 Å². The lowest BCUT2D eigenvalue weighted by Gasteiger charge is -2.12. The molecular weight excluding hydrogens is 715 g/mol. The fraction of sp³-hybridized carbons (Fsp3) is 0. The van der Waals surface area contributed by atoms with E-state index in [0.717, 1.165) is 48.2 Å². The molecule has 12 aromatic rings. The summed E-state index contributed by atoms with van der Waals surface area (Å²) < 4.78 is 60.8. The van der Waals surface area contributed by atoms with Crippen molar-refractivity contribution >= 4 is 75.1 Å². The predicted molar refractivity (Wildman–Crippen MR) is 238 cm³/mol. The van der Waals surface area contributed by atoms with E-state index in [2.05, 4.69) is 18.2 Å². The molecule has 5 nitrogen and oxygen atoms in total. The summed E-state index contributed by atoms with van der Waals surface area (Å²) in [6.45, 7) is 0. The Bertz CT molecular complexity index is 3810. The van der Waals surface area contributed by atoms with Gasteiger partial charge in [0.05, 0.1) is 30.3 Å². The molecule has 0 radical (unpaired) electrons. The summed E-state index contributed by atoms with van der Waals surface area (Å²) >= 11 is 1.62. The molecule has 57 heavy (non-hydrogen) atoms. The van der Waals surface area contributed by atoms with Crippen LogP contribution < -0.4 is 0 Å². The summed E-state index contributed by atoms with van der Waals surface area (Å²) in [6.07, 6.45) is 0. The Kier molecular flexibility index (Phi) is 5.82. The molecule has 0 amide bonds. The number of benzene rings is 8. The van der Waals surface area contributed by atoms with E-state index in [1.807, 2.05) is 118 Å². The van der Waals surface area contributed by atoms with Gasteiger partial charge >= 0.3 is 0 Å². The van der Waals surface area contributed by atoms with E-state index in [4.69, 9.17) is 19.1 Å². The number of hydrogen-bond acceptors (Lipinski definition) is 4.